The van der Waals surface area contributed by atoms with E-state index in [0.717, 1.165) is 12.8 Å². The number of anilines is 1. The summed E-state index contributed by atoms with van der Waals surface area (Å²) in [6.07, 6.45) is 4.13. The lowest BCUT2D eigenvalue weighted by Gasteiger charge is -2.07. The number of aromatic nitrogens is 4. The maximum Gasteiger partial charge on any atom is 0.258 e. The molecule has 1 aliphatic rings. The Hall–Kier alpha value is -2.91. The summed E-state index contributed by atoms with van der Waals surface area (Å²) >= 11 is 2.80. The molecule has 2 aromatic carbocycles. The van der Waals surface area contributed by atoms with Crippen molar-refractivity contribution < 1.29 is 4.79 Å². The Morgan fingerprint density at radius 3 is 2.90 bits per heavy atom. The molecular formula is C21H20N6OS2. The summed E-state index contributed by atoms with van der Waals surface area (Å²) in [5, 5.41) is 13.1. The molecule has 0 aliphatic heterocycles. The molecule has 1 amide bonds. The molecule has 0 saturated heterocycles. The first-order valence-corrected chi connectivity index (χ1v) is 11.6. The number of thioether (sulfide) groups is 1. The topological polar surface area (TPSA) is 91.1 Å². The fraction of sp³-hybridized carbons (Fsp3) is 0.238. The van der Waals surface area contributed by atoms with Crippen molar-refractivity contribution in [3.8, 4) is 0 Å². The molecule has 0 unspecified atom stereocenters. The third kappa shape index (κ3) is 3.90. The predicted molar refractivity (Wildman–Crippen MR) is 119 cm³/mol. The van der Waals surface area contributed by atoms with E-state index >= 15 is 0 Å². The van der Waals surface area contributed by atoms with Gasteiger partial charge in [0.05, 0.1) is 12.3 Å². The number of nitrogens with two attached hydrogens (primary N) is 1. The van der Waals surface area contributed by atoms with Gasteiger partial charge >= 0.3 is 0 Å². The number of hydrogen-bond acceptors (Lipinski definition) is 6. The average molecular weight is 437 g/mol. The van der Waals surface area contributed by atoms with Crippen LogP contribution in [0.3, 0.4) is 0 Å². The third-order valence-electron chi connectivity index (χ3n) is 5.03. The Labute approximate surface area is 181 Å². The Balaban J connectivity index is 1.33. The average Bonchev–Trinajstić information content (AvgIpc) is 3.39. The van der Waals surface area contributed by atoms with Crippen molar-refractivity contribution >= 4 is 45.7 Å². The molecule has 0 bridgehead atoms. The van der Waals surface area contributed by atoms with Gasteiger partial charge in [0, 0.05) is 17.6 Å². The minimum Gasteiger partial charge on any atom is -0.368 e. The number of thiazole rings is 1. The highest BCUT2D eigenvalue weighted by Crippen LogP contribution is 2.39. The fourth-order valence-corrected chi connectivity index (χ4v) is 4.99. The van der Waals surface area contributed by atoms with Crippen molar-refractivity contribution in [3.05, 3.63) is 64.4 Å². The van der Waals surface area contributed by atoms with Crippen LogP contribution in [0.2, 0.25) is 0 Å². The van der Waals surface area contributed by atoms with Crippen LogP contribution < -0.4 is 10.5 Å². The third-order valence-corrected chi connectivity index (χ3v) is 6.75. The summed E-state index contributed by atoms with van der Waals surface area (Å²) in [6.45, 7) is 0.663. The highest BCUT2D eigenvalue weighted by atomic mass is 32.2. The van der Waals surface area contributed by atoms with Gasteiger partial charge in [-0.3, -0.25) is 9.36 Å². The first-order chi connectivity index (χ1) is 14.7. The van der Waals surface area contributed by atoms with E-state index in [1.54, 1.807) is 0 Å². The molecule has 30 heavy (non-hydrogen) atoms. The zero-order chi connectivity index (χ0) is 20.5. The van der Waals surface area contributed by atoms with E-state index in [2.05, 4.69) is 45.5 Å². The number of fused-ring (bicyclic) bond motifs is 1. The molecule has 0 spiro atoms. The first-order valence-electron chi connectivity index (χ1n) is 9.70. The molecule has 1 saturated carbocycles. The number of carbonyl (C=O) groups is 1. The second-order valence-corrected chi connectivity index (χ2v) is 9.00. The van der Waals surface area contributed by atoms with Crippen LogP contribution in [-0.2, 0) is 11.3 Å². The van der Waals surface area contributed by atoms with Crippen molar-refractivity contribution in [2.45, 2.75) is 30.6 Å². The maximum atomic E-state index is 12.5. The Bertz CT molecular complexity index is 1280. The quantitative estimate of drug-likeness (QED) is 0.467. The minimum atomic E-state index is -0.196. The summed E-state index contributed by atoms with van der Waals surface area (Å²) in [4.78, 5) is 17.6. The van der Waals surface area contributed by atoms with Crippen molar-refractivity contribution in [2.24, 2.45) is 4.99 Å². The van der Waals surface area contributed by atoms with E-state index in [9.17, 15) is 4.79 Å². The van der Waals surface area contributed by atoms with Gasteiger partial charge in [0.1, 0.15) is 0 Å². The van der Waals surface area contributed by atoms with E-state index in [-0.39, 0.29) is 11.7 Å². The normalized spacial score (nSPS) is 14.5. The van der Waals surface area contributed by atoms with Crippen molar-refractivity contribution in [1.29, 1.82) is 0 Å². The Kier molecular flexibility index (Phi) is 5.14. The van der Waals surface area contributed by atoms with Crippen LogP contribution in [0, 0.1) is 0 Å². The standard InChI is InChI=1S/C21H20N6OS2/c22-19-24-25-21(27(19)16-8-9-16)30-13-18(28)23-20-26(10-11-29-20)12-15-6-3-5-14-4-1-2-7-17(14)15/h1-7,10-11,16H,8-9,12-13H2,(H2,22,24). The molecule has 7 nitrogen and oxygen atoms in total. The van der Waals surface area contributed by atoms with E-state index < -0.39 is 0 Å². The second-order valence-electron chi connectivity index (χ2n) is 7.19. The van der Waals surface area contributed by atoms with Gasteiger partial charge in [0.25, 0.3) is 5.91 Å². The number of carbonyl (C=O) groups excluding carboxylic acids is 1. The minimum absolute atomic E-state index is 0.196. The van der Waals surface area contributed by atoms with Crippen molar-refractivity contribution in [1.82, 2.24) is 19.3 Å². The van der Waals surface area contributed by atoms with Crippen LogP contribution in [0.1, 0.15) is 24.4 Å². The monoisotopic (exact) mass is 436 g/mol. The number of nitrogens with zero attached hydrogens (tertiary/aromatic N) is 5. The van der Waals surface area contributed by atoms with E-state index in [0.29, 0.717) is 28.5 Å². The molecule has 0 radical (unpaired) electrons. The van der Waals surface area contributed by atoms with Crippen LogP contribution in [0.5, 0.6) is 0 Å². The van der Waals surface area contributed by atoms with Gasteiger partial charge in [-0.1, -0.05) is 54.2 Å². The molecule has 1 fully saturated rings. The first kappa shape index (κ1) is 19.1. The number of amides is 1. The Morgan fingerprint density at radius 2 is 2.03 bits per heavy atom. The molecule has 2 heterocycles. The van der Waals surface area contributed by atoms with Gasteiger partial charge in [-0.05, 0) is 29.2 Å². The SMILES string of the molecule is Nc1nnc(SCC(=O)N=c2sccn2Cc2cccc3ccccc23)n1C1CC1. The number of rotatable bonds is 6. The maximum absolute atomic E-state index is 12.5. The van der Waals surface area contributed by atoms with Crippen LogP contribution >= 0.6 is 23.1 Å². The molecule has 0 atom stereocenters. The summed E-state index contributed by atoms with van der Waals surface area (Å²) < 4.78 is 3.93. The zero-order valence-corrected chi connectivity index (χ0v) is 17.8. The number of nitrogen functional groups attached to an aromatic ring is 1. The number of benzene rings is 2. The van der Waals surface area contributed by atoms with E-state index in [4.69, 9.17) is 5.73 Å². The van der Waals surface area contributed by atoms with Gasteiger partial charge in [-0.2, -0.15) is 4.99 Å². The summed E-state index contributed by atoms with van der Waals surface area (Å²) in [5.41, 5.74) is 7.09. The zero-order valence-electron chi connectivity index (χ0n) is 16.1. The second kappa shape index (κ2) is 8.08. The van der Waals surface area contributed by atoms with Crippen LogP contribution in [0.4, 0.5) is 5.95 Å². The summed E-state index contributed by atoms with van der Waals surface area (Å²) in [6, 6.07) is 15.0. The van der Waals surface area contributed by atoms with E-state index in [1.165, 1.54) is 39.4 Å². The predicted octanol–water partition coefficient (Wildman–Crippen LogP) is 3.48. The molecule has 152 valence electrons. The smallest absolute Gasteiger partial charge is 0.258 e. The van der Waals surface area contributed by atoms with Crippen molar-refractivity contribution in [3.63, 3.8) is 0 Å². The lowest BCUT2D eigenvalue weighted by atomic mass is 10.0. The highest BCUT2D eigenvalue weighted by molar-refractivity contribution is 7.99. The highest BCUT2D eigenvalue weighted by Gasteiger charge is 2.29. The molecule has 1 aliphatic carbocycles. The van der Waals surface area contributed by atoms with Gasteiger partial charge in [0.2, 0.25) is 5.95 Å². The molecular weight excluding hydrogens is 416 g/mol. The molecule has 4 aromatic rings. The lowest BCUT2D eigenvalue weighted by Crippen LogP contribution is -2.17. The molecule has 2 aromatic heterocycles. The van der Waals surface area contributed by atoms with Gasteiger partial charge in [-0.25, -0.2) is 0 Å². The van der Waals surface area contributed by atoms with Crippen LogP contribution in [0.15, 0.2) is 64.2 Å². The Morgan fingerprint density at radius 1 is 1.20 bits per heavy atom. The van der Waals surface area contributed by atoms with Gasteiger partial charge in [0.15, 0.2) is 9.96 Å². The molecule has 9 heteroatoms. The van der Waals surface area contributed by atoms with Gasteiger partial charge in [-0.15, -0.1) is 21.5 Å². The number of hydrogen-bond donors (Lipinski definition) is 1. The fourth-order valence-electron chi connectivity index (χ4n) is 3.45. The van der Waals surface area contributed by atoms with Gasteiger partial charge < -0.3 is 10.3 Å². The lowest BCUT2D eigenvalue weighted by molar-refractivity contribution is -0.115. The molecule has 5 rings (SSSR count). The largest absolute Gasteiger partial charge is 0.368 e. The summed E-state index contributed by atoms with van der Waals surface area (Å²) in [7, 11) is 0. The summed E-state index contributed by atoms with van der Waals surface area (Å²) in [5.74, 6) is 0.422. The van der Waals surface area contributed by atoms with E-state index in [1.807, 2.05) is 32.8 Å². The van der Waals surface area contributed by atoms with Crippen molar-refractivity contribution in [2.75, 3.05) is 11.5 Å². The van der Waals surface area contributed by atoms with Crippen LogP contribution in [-0.4, -0.2) is 31.0 Å². The molecule has 2 N–H and O–H groups in total. The van der Waals surface area contributed by atoms with Crippen LogP contribution in [0.25, 0.3) is 10.8 Å².